The largest absolute Gasteiger partial charge is 0.338 e. The molecule has 3 rings (SSSR count). The SMILES string of the molecule is CNCC1CCCN1C(=O)C1CCCN(C(=O)c2ccccc2)C1. The van der Waals surface area contributed by atoms with Crippen LogP contribution in [-0.2, 0) is 4.79 Å². The zero-order valence-electron chi connectivity index (χ0n) is 14.4. The molecule has 1 aromatic carbocycles. The first-order chi connectivity index (χ1) is 11.7. The first kappa shape index (κ1) is 17.0. The Labute approximate surface area is 144 Å². The van der Waals surface area contributed by atoms with Crippen LogP contribution in [0.15, 0.2) is 30.3 Å². The molecule has 2 unspecified atom stereocenters. The van der Waals surface area contributed by atoms with E-state index in [2.05, 4.69) is 5.32 Å². The third-order valence-corrected chi connectivity index (χ3v) is 5.18. The van der Waals surface area contributed by atoms with Crippen LogP contribution in [0.3, 0.4) is 0 Å². The number of piperidine rings is 1. The molecule has 1 N–H and O–H groups in total. The quantitative estimate of drug-likeness (QED) is 0.916. The minimum atomic E-state index is -0.0520. The average Bonchev–Trinajstić information content (AvgIpc) is 3.10. The normalized spacial score (nSPS) is 24.2. The van der Waals surface area contributed by atoms with Crippen molar-refractivity contribution in [3.63, 3.8) is 0 Å². The lowest BCUT2D eigenvalue weighted by atomic mass is 9.95. The van der Waals surface area contributed by atoms with Gasteiger partial charge in [0, 0.05) is 37.8 Å². The van der Waals surface area contributed by atoms with Crippen molar-refractivity contribution in [1.82, 2.24) is 15.1 Å². The van der Waals surface area contributed by atoms with E-state index < -0.39 is 0 Å². The fraction of sp³-hybridized carbons (Fsp3) is 0.579. The predicted molar refractivity (Wildman–Crippen MR) is 93.7 cm³/mol. The second-order valence-electron chi connectivity index (χ2n) is 6.84. The summed E-state index contributed by atoms with van der Waals surface area (Å²) in [6.45, 7) is 3.01. The van der Waals surface area contributed by atoms with Crippen molar-refractivity contribution in [2.24, 2.45) is 5.92 Å². The second-order valence-corrected chi connectivity index (χ2v) is 6.84. The third kappa shape index (κ3) is 3.61. The topological polar surface area (TPSA) is 52.7 Å². The lowest BCUT2D eigenvalue weighted by molar-refractivity contribution is -0.137. The summed E-state index contributed by atoms with van der Waals surface area (Å²) in [4.78, 5) is 29.5. The molecule has 2 aliphatic heterocycles. The Hall–Kier alpha value is -1.88. The van der Waals surface area contributed by atoms with E-state index >= 15 is 0 Å². The average molecular weight is 329 g/mol. The molecule has 2 atom stereocenters. The highest BCUT2D eigenvalue weighted by molar-refractivity contribution is 5.94. The van der Waals surface area contributed by atoms with Crippen LogP contribution in [-0.4, -0.2) is 60.9 Å². The first-order valence-electron chi connectivity index (χ1n) is 9.00. The number of amides is 2. The van der Waals surface area contributed by atoms with Gasteiger partial charge in [-0.3, -0.25) is 9.59 Å². The van der Waals surface area contributed by atoms with Gasteiger partial charge in [-0.15, -0.1) is 0 Å². The van der Waals surface area contributed by atoms with Crippen LogP contribution < -0.4 is 5.32 Å². The van der Waals surface area contributed by atoms with Gasteiger partial charge < -0.3 is 15.1 Å². The Kier molecular flexibility index (Phi) is 5.51. The zero-order chi connectivity index (χ0) is 16.9. The molecule has 5 heteroatoms. The van der Waals surface area contributed by atoms with Gasteiger partial charge in [0.2, 0.25) is 5.91 Å². The maximum atomic E-state index is 13.0. The Morgan fingerprint density at radius 1 is 1.12 bits per heavy atom. The number of carbonyl (C=O) groups excluding carboxylic acids is 2. The van der Waals surface area contributed by atoms with E-state index in [1.165, 1.54) is 0 Å². The third-order valence-electron chi connectivity index (χ3n) is 5.18. The van der Waals surface area contributed by atoms with Gasteiger partial charge in [0.25, 0.3) is 5.91 Å². The molecule has 2 amide bonds. The summed E-state index contributed by atoms with van der Waals surface area (Å²) < 4.78 is 0. The fourth-order valence-electron chi connectivity index (χ4n) is 3.93. The minimum absolute atomic E-state index is 0.0429. The number of nitrogens with one attached hydrogen (secondary N) is 1. The summed E-state index contributed by atoms with van der Waals surface area (Å²) in [6, 6.07) is 9.67. The molecule has 1 aromatic rings. The van der Waals surface area contributed by atoms with Crippen molar-refractivity contribution in [3.8, 4) is 0 Å². The summed E-state index contributed by atoms with van der Waals surface area (Å²) >= 11 is 0. The summed E-state index contributed by atoms with van der Waals surface area (Å²) in [5, 5.41) is 3.19. The molecule has 2 saturated heterocycles. The lowest BCUT2D eigenvalue weighted by Gasteiger charge is -2.35. The van der Waals surface area contributed by atoms with E-state index in [0.29, 0.717) is 18.2 Å². The van der Waals surface area contributed by atoms with Gasteiger partial charge in [0.1, 0.15) is 0 Å². The Bertz CT molecular complexity index is 575. The van der Waals surface area contributed by atoms with Crippen molar-refractivity contribution in [1.29, 1.82) is 0 Å². The lowest BCUT2D eigenvalue weighted by Crippen LogP contribution is -2.49. The highest BCUT2D eigenvalue weighted by Gasteiger charge is 2.35. The van der Waals surface area contributed by atoms with Gasteiger partial charge in [-0.1, -0.05) is 18.2 Å². The highest BCUT2D eigenvalue weighted by Crippen LogP contribution is 2.25. The number of carbonyl (C=O) groups is 2. The number of benzene rings is 1. The summed E-state index contributed by atoms with van der Waals surface area (Å²) in [5.41, 5.74) is 0.708. The van der Waals surface area contributed by atoms with Crippen LogP contribution in [0, 0.1) is 5.92 Å². The number of hydrogen-bond acceptors (Lipinski definition) is 3. The molecule has 0 radical (unpaired) electrons. The molecule has 2 fully saturated rings. The van der Waals surface area contributed by atoms with Crippen LogP contribution in [0.2, 0.25) is 0 Å². The zero-order valence-corrected chi connectivity index (χ0v) is 14.4. The van der Waals surface area contributed by atoms with Crippen molar-refractivity contribution in [3.05, 3.63) is 35.9 Å². The Balaban J connectivity index is 1.65. The Morgan fingerprint density at radius 3 is 2.62 bits per heavy atom. The first-order valence-corrected chi connectivity index (χ1v) is 9.00. The molecule has 0 bridgehead atoms. The summed E-state index contributed by atoms with van der Waals surface area (Å²) in [7, 11) is 1.93. The number of likely N-dealkylation sites (tertiary alicyclic amines) is 2. The molecule has 0 saturated carbocycles. The number of hydrogen-bond donors (Lipinski definition) is 1. The molecule has 24 heavy (non-hydrogen) atoms. The van der Waals surface area contributed by atoms with Gasteiger partial charge in [-0.2, -0.15) is 0 Å². The van der Waals surface area contributed by atoms with E-state index in [1.54, 1.807) is 0 Å². The highest BCUT2D eigenvalue weighted by atomic mass is 16.2. The second kappa shape index (κ2) is 7.79. The van der Waals surface area contributed by atoms with Gasteiger partial charge in [0.05, 0.1) is 5.92 Å². The monoisotopic (exact) mass is 329 g/mol. The van der Waals surface area contributed by atoms with Gasteiger partial charge in [-0.05, 0) is 44.9 Å². The van der Waals surface area contributed by atoms with Gasteiger partial charge in [0.15, 0.2) is 0 Å². The summed E-state index contributed by atoms with van der Waals surface area (Å²) in [5.74, 6) is 0.225. The molecule has 0 aromatic heterocycles. The van der Waals surface area contributed by atoms with Crippen molar-refractivity contribution >= 4 is 11.8 Å². The van der Waals surface area contributed by atoms with E-state index in [1.807, 2.05) is 47.2 Å². The molecule has 2 aliphatic rings. The van der Waals surface area contributed by atoms with Crippen LogP contribution in [0.5, 0.6) is 0 Å². The maximum absolute atomic E-state index is 13.0. The van der Waals surface area contributed by atoms with Gasteiger partial charge >= 0.3 is 0 Å². The molecular formula is C19H27N3O2. The number of nitrogens with zero attached hydrogens (tertiary/aromatic N) is 2. The Morgan fingerprint density at radius 2 is 1.88 bits per heavy atom. The molecule has 5 nitrogen and oxygen atoms in total. The van der Waals surface area contributed by atoms with E-state index in [9.17, 15) is 9.59 Å². The van der Waals surface area contributed by atoms with E-state index in [0.717, 1.165) is 45.3 Å². The standard InChI is InChI=1S/C19H27N3O2/c1-20-13-17-10-6-12-22(17)19(24)16-9-5-11-21(14-16)18(23)15-7-3-2-4-8-15/h2-4,7-8,16-17,20H,5-6,9-14H2,1H3. The predicted octanol–water partition coefficient (Wildman–Crippen LogP) is 1.75. The van der Waals surface area contributed by atoms with Crippen molar-refractivity contribution in [2.45, 2.75) is 31.7 Å². The smallest absolute Gasteiger partial charge is 0.253 e. The van der Waals surface area contributed by atoms with Crippen molar-refractivity contribution < 1.29 is 9.59 Å². The van der Waals surface area contributed by atoms with Crippen LogP contribution >= 0.6 is 0 Å². The van der Waals surface area contributed by atoms with E-state index in [-0.39, 0.29) is 17.7 Å². The molecule has 0 aliphatic carbocycles. The molecule has 0 spiro atoms. The van der Waals surface area contributed by atoms with Gasteiger partial charge in [-0.25, -0.2) is 0 Å². The molecular weight excluding hydrogens is 302 g/mol. The molecule has 130 valence electrons. The van der Waals surface area contributed by atoms with Crippen molar-refractivity contribution in [2.75, 3.05) is 33.2 Å². The number of rotatable bonds is 4. The van der Waals surface area contributed by atoms with Crippen LogP contribution in [0.4, 0.5) is 0 Å². The number of likely N-dealkylation sites (N-methyl/N-ethyl adjacent to an activating group) is 1. The maximum Gasteiger partial charge on any atom is 0.253 e. The summed E-state index contributed by atoms with van der Waals surface area (Å²) in [6.07, 6.45) is 3.95. The minimum Gasteiger partial charge on any atom is -0.338 e. The van der Waals surface area contributed by atoms with Crippen LogP contribution in [0.1, 0.15) is 36.0 Å². The fourth-order valence-corrected chi connectivity index (χ4v) is 3.93. The van der Waals surface area contributed by atoms with E-state index in [4.69, 9.17) is 0 Å². The molecule has 2 heterocycles. The van der Waals surface area contributed by atoms with Crippen LogP contribution in [0.25, 0.3) is 0 Å².